The van der Waals surface area contributed by atoms with Crippen molar-refractivity contribution < 1.29 is 4.79 Å². The van der Waals surface area contributed by atoms with E-state index in [0.717, 1.165) is 12.8 Å². The van der Waals surface area contributed by atoms with Crippen molar-refractivity contribution in [1.82, 2.24) is 10.6 Å². The molecule has 1 heterocycles. The fraction of sp³-hybridized carbons (Fsp3) is 0.889. The normalized spacial score (nSPS) is 26.8. The van der Waals surface area contributed by atoms with Crippen molar-refractivity contribution in [2.24, 2.45) is 0 Å². The van der Waals surface area contributed by atoms with Gasteiger partial charge in [-0.05, 0) is 13.3 Å². The largest absolute Gasteiger partial charge is 0.334 e. The molecule has 3 heteroatoms. The smallest absolute Gasteiger partial charge is 0.315 e. The Balaban J connectivity index is 0.000000561. The molecular weight excluding hydrogens is 152 g/mol. The Kier molecular flexibility index (Phi) is 5.51. The molecule has 0 aromatic carbocycles. The van der Waals surface area contributed by atoms with E-state index in [1.165, 1.54) is 0 Å². The number of hydrogen-bond acceptors (Lipinski definition) is 1. The number of hydrogen-bond donors (Lipinski definition) is 2. The Morgan fingerprint density at radius 1 is 1.33 bits per heavy atom. The Morgan fingerprint density at radius 3 is 2.25 bits per heavy atom. The Labute approximate surface area is 74.9 Å². The highest BCUT2D eigenvalue weighted by atomic mass is 16.2. The van der Waals surface area contributed by atoms with Crippen LogP contribution in [0.2, 0.25) is 0 Å². The van der Waals surface area contributed by atoms with Gasteiger partial charge in [0.25, 0.3) is 0 Å². The molecule has 2 atom stereocenters. The Morgan fingerprint density at radius 2 is 1.92 bits per heavy atom. The van der Waals surface area contributed by atoms with Crippen molar-refractivity contribution in [2.45, 2.75) is 52.6 Å². The number of carbonyl (C=O) groups excluding carboxylic acids is 1. The number of urea groups is 1. The molecule has 0 aliphatic carbocycles. The number of carbonyl (C=O) groups is 1. The van der Waals surface area contributed by atoms with Gasteiger partial charge in [-0.25, -0.2) is 4.79 Å². The lowest BCUT2D eigenvalue weighted by Gasteiger charge is -2.11. The average molecular weight is 172 g/mol. The van der Waals surface area contributed by atoms with Crippen LogP contribution in [0.3, 0.4) is 0 Å². The summed E-state index contributed by atoms with van der Waals surface area (Å²) in [5, 5.41) is 5.66. The fourth-order valence-corrected chi connectivity index (χ4v) is 1.28. The minimum absolute atomic E-state index is 0.0223. The van der Waals surface area contributed by atoms with E-state index in [1.54, 1.807) is 0 Å². The first kappa shape index (κ1) is 11.3. The van der Waals surface area contributed by atoms with Crippen LogP contribution >= 0.6 is 0 Å². The van der Waals surface area contributed by atoms with E-state index in [1.807, 2.05) is 20.8 Å². The minimum atomic E-state index is -0.0223. The zero-order chi connectivity index (χ0) is 9.56. The van der Waals surface area contributed by atoms with Gasteiger partial charge in [-0.1, -0.05) is 27.2 Å². The van der Waals surface area contributed by atoms with Crippen molar-refractivity contribution >= 4 is 6.03 Å². The number of amides is 2. The molecule has 3 nitrogen and oxygen atoms in total. The summed E-state index contributed by atoms with van der Waals surface area (Å²) in [6.45, 7) is 8.15. The van der Waals surface area contributed by atoms with Gasteiger partial charge in [0.2, 0.25) is 0 Å². The van der Waals surface area contributed by atoms with Crippen LogP contribution in [0.15, 0.2) is 0 Å². The van der Waals surface area contributed by atoms with Gasteiger partial charge in [0.15, 0.2) is 0 Å². The van der Waals surface area contributed by atoms with Gasteiger partial charge in [-0.15, -0.1) is 0 Å². The van der Waals surface area contributed by atoms with Gasteiger partial charge in [0.1, 0.15) is 0 Å². The summed E-state index contributed by atoms with van der Waals surface area (Å²) in [5.74, 6) is 0. The molecule has 1 aliphatic heterocycles. The van der Waals surface area contributed by atoms with Crippen molar-refractivity contribution in [3.8, 4) is 0 Å². The molecule has 0 spiro atoms. The van der Waals surface area contributed by atoms with Crippen molar-refractivity contribution in [1.29, 1.82) is 0 Å². The standard InChI is InChI=1S/C7H14N2O.C2H6/c1-3-4-6-5(2)8-7(10)9-6;1-2/h5-6H,3-4H2,1-2H3,(H2,8,9,10);1-2H3. The predicted molar refractivity (Wildman–Crippen MR) is 51.2 cm³/mol. The topological polar surface area (TPSA) is 41.1 Å². The second kappa shape index (κ2) is 5.86. The molecule has 12 heavy (non-hydrogen) atoms. The van der Waals surface area contributed by atoms with E-state index in [9.17, 15) is 4.79 Å². The van der Waals surface area contributed by atoms with Crippen molar-refractivity contribution in [2.75, 3.05) is 0 Å². The molecule has 2 amide bonds. The maximum atomic E-state index is 10.7. The summed E-state index contributed by atoms with van der Waals surface area (Å²) in [6.07, 6.45) is 2.19. The summed E-state index contributed by atoms with van der Waals surface area (Å²) in [5.41, 5.74) is 0. The van der Waals surface area contributed by atoms with Gasteiger partial charge < -0.3 is 10.6 Å². The van der Waals surface area contributed by atoms with Crippen LogP contribution in [0.1, 0.15) is 40.5 Å². The van der Waals surface area contributed by atoms with Crippen LogP contribution in [0.5, 0.6) is 0 Å². The summed E-state index contributed by atoms with van der Waals surface area (Å²) in [6, 6.07) is 0.621. The lowest BCUT2D eigenvalue weighted by Crippen LogP contribution is -2.30. The summed E-state index contributed by atoms with van der Waals surface area (Å²) in [4.78, 5) is 10.7. The van der Waals surface area contributed by atoms with Crippen LogP contribution in [-0.2, 0) is 0 Å². The maximum Gasteiger partial charge on any atom is 0.315 e. The fourth-order valence-electron chi connectivity index (χ4n) is 1.28. The van der Waals surface area contributed by atoms with E-state index in [-0.39, 0.29) is 6.03 Å². The summed E-state index contributed by atoms with van der Waals surface area (Å²) in [7, 11) is 0. The number of rotatable bonds is 2. The first-order valence-electron chi connectivity index (χ1n) is 4.81. The highest BCUT2D eigenvalue weighted by molar-refractivity contribution is 5.77. The lowest BCUT2D eigenvalue weighted by molar-refractivity contribution is 0.247. The van der Waals surface area contributed by atoms with Crippen LogP contribution in [0, 0.1) is 0 Å². The molecule has 0 radical (unpaired) electrons. The van der Waals surface area contributed by atoms with E-state index in [4.69, 9.17) is 0 Å². The van der Waals surface area contributed by atoms with E-state index in [2.05, 4.69) is 17.6 Å². The lowest BCUT2D eigenvalue weighted by atomic mass is 10.1. The molecule has 1 fully saturated rings. The van der Waals surface area contributed by atoms with Gasteiger partial charge in [0.05, 0.1) is 6.04 Å². The molecule has 1 aliphatic rings. The zero-order valence-corrected chi connectivity index (χ0v) is 8.48. The third kappa shape index (κ3) is 3.11. The molecule has 72 valence electrons. The number of nitrogens with one attached hydrogen (secondary N) is 2. The highest BCUT2D eigenvalue weighted by Gasteiger charge is 2.26. The first-order valence-corrected chi connectivity index (χ1v) is 4.81. The zero-order valence-electron chi connectivity index (χ0n) is 8.48. The third-order valence-corrected chi connectivity index (χ3v) is 1.88. The molecule has 1 rings (SSSR count). The SMILES string of the molecule is CC.CCCC1NC(=O)NC1C. The van der Waals surface area contributed by atoms with Gasteiger partial charge in [-0.3, -0.25) is 0 Å². The maximum absolute atomic E-state index is 10.7. The monoisotopic (exact) mass is 172 g/mol. The average Bonchev–Trinajstić information content (AvgIpc) is 2.35. The van der Waals surface area contributed by atoms with E-state index >= 15 is 0 Å². The van der Waals surface area contributed by atoms with Crippen LogP contribution in [0.4, 0.5) is 4.79 Å². The predicted octanol–water partition coefficient (Wildman–Crippen LogP) is 1.88. The Hall–Kier alpha value is -0.730. The van der Waals surface area contributed by atoms with Crippen LogP contribution in [-0.4, -0.2) is 18.1 Å². The second-order valence-electron chi connectivity index (χ2n) is 2.80. The third-order valence-electron chi connectivity index (χ3n) is 1.88. The van der Waals surface area contributed by atoms with Gasteiger partial charge in [-0.2, -0.15) is 0 Å². The first-order chi connectivity index (χ1) is 5.74. The molecule has 0 bridgehead atoms. The van der Waals surface area contributed by atoms with Crippen LogP contribution in [0.25, 0.3) is 0 Å². The summed E-state index contributed by atoms with van der Waals surface area (Å²) < 4.78 is 0. The van der Waals surface area contributed by atoms with Crippen LogP contribution < -0.4 is 10.6 Å². The summed E-state index contributed by atoms with van der Waals surface area (Å²) >= 11 is 0. The molecule has 2 unspecified atom stereocenters. The van der Waals surface area contributed by atoms with Crippen molar-refractivity contribution in [3.63, 3.8) is 0 Å². The molecule has 2 N–H and O–H groups in total. The quantitative estimate of drug-likeness (QED) is 0.656. The molecule has 1 saturated heterocycles. The molecule has 0 saturated carbocycles. The minimum Gasteiger partial charge on any atom is -0.334 e. The molecule has 0 aromatic heterocycles. The Bertz CT molecular complexity index is 136. The van der Waals surface area contributed by atoms with Gasteiger partial charge in [0, 0.05) is 6.04 Å². The van der Waals surface area contributed by atoms with E-state index in [0.29, 0.717) is 12.1 Å². The molecule has 0 aromatic rings. The highest BCUT2D eigenvalue weighted by Crippen LogP contribution is 2.06. The second-order valence-corrected chi connectivity index (χ2v) is 2.80. The van der Waals surface area contributed by atoms with Crippen molar-refractivity contribution in [3.05, 3.63) is 0 Å². The van der Waals surface area contributed by atoms with E-state index < -0.39 is 0 Å². The van der Waals surface area contributed by atoms with Gasteiger partial charge >= 0.3 is 6.03 Å². The molecular formula is C9H20N2O.